The molecule has 42 heavy (non-hydrogen) atoms. The van der Waals surface area contributed by atoms with Crippen LogP contribution in [-0.4, -0.2) is 68.6 Å². The average molecular weight is 582 g/mol. The summed E-state index contributed by atoms with van der Waals surface area (Å²) >= 11 is 0. The molecule has 11 heteroatoms. The van der Waals surface area contributed by atoms with E-state index in [0.29, 0.717) is 28.8 Å². The number of nitrogens with one attached hydrogen (secondary N) is 1. The minimum Gasteiger partial charge on any atom is -0.341 e. The van der Waals surface area contributed by atoms with E-state index in [9.17, 15) is 27.6 Å². The zero-order chi connectivity index (χ0) is 30.2. The van der Waals surface area contributed by atoms with E-state index in [4.69, 9.17) is 5.73 Å². The Hall–Kier alpha value is -4.12. The molecule has 1 atom stereocenters. The number of halogens is 3. The molecule has 3 aromatic carbocycles. The standard InChI is InChI=1S/C31H34F3N5O3/c1-30(2,35)19-38(28(41)31(32,33)34)26(18-21-10-7-9-20-8-3-4-11-23(20)21)27(40)37-16-14-22(15-17-37)39-25-13-6-5-12-24(25)36-29(39)42/h3-13,22,26H,14-19,35H2,1-2H3,(H,36,42). The van der Waals surface area contributed by atoms with Crippen LogP contribution in [0.4, 0.5) is 13.2 Å². The van der Waals surface area contributed by atoms with Crippen LogP contribution in [0.5, 0.6) is 0 Å². The molecular weight excluding hydrogens is 547 g/mol. The van der Waals surface area contributed by atoms with E-state index in [1.165, 1.54) is 18.7 Å². The summed E-state index contributed by atoms with van der Waals surface area (Å²) in [6.07, 6.45) is -4.43. The zero-order valence-electron chi connectivity index (χ0n) is 23.5. The smallest absolute Gasteiger partial charge is 0.341 e. The molecule has 0 spiro atoms. The topological polar surface area (TPSA) is 104 Å². The third kappa shape index (κ3) is 6.06. The number of likely N-dealkylation sites (tertiary alicyclic amines) is 1. The lowest BCUT2D eigenvalue weighted by atomic mass is 9.95. The molecule has 222 valence electrons. The van der Waals surface area contributed by atoms with E-state index in [2.05, 4.69) is 4.98 Å². The van der Waals surface area contributed by atoms with E-state index in [0.717, 1.165) is 16.3 Å². The lowest BCUT2D eigenvalue weighted by Crippen LogP contribution is -2.60. The first-order valence-corrected chi connectivity index (χ1v) is 13.9. The fourth-order valence-electron chi connectivity index (χ4n) is 5.93. The van der Waals surface area contributed by atoms with Gasteiger partial charge in [0.05, 0.1) is 11.0 Å². The minimum atomic E-state index is -5.19. The van der Waals surface area contributed by atoms with Gasteiger partial charge in [-0.2, -0.15) is 13.2 Å². The molecule has 0 radical (unpaired) electrons. The van der Waals surface area contributed by atoms with Gasteiger partial charge in [0.15, 0.2) is 0 Å². The van der Waals surface area contributed by atoms with Crippen molar-refractivity contribution in [2.75, 3.05) is 19.6 Å². The van der Waals surface area contributed by atoms with Crippen molar-refractivity contribution in [3.05, 3.63) is 82.8 Å². The van der Waals surface area contributed by atoms with E-state index >= 15 is 0 Å². The molecule has 2 heterocycles. The van der Waals surface area contributed by atoms with Crippen molar-refractivity contribution in [1.29, 1.82) is 0 Å². The molecule has 4 aromatic rings. The number of alkyl halides is 3. The second kappa shape index (κ2) is 11.3. The fourth-order valence-corrected chi connectivity index (χ4v) is 5.93. The fraction of sp³-hybridized carbons (Fsp3) is 0.387. The second-order valence-corrected chi connectivity index (χ2v) is 11.7. The highest BCUT2D eigenvalue weighted by molar-refractivity contribution is 5.92. The van der Waals surface area contributed by atoms with Gasteiger partial charge in [0.1, 0.15) is 6.04 Å². The number of hydrogen-bond donors (Lipinski definition) is 2. The lowest BCUT2D eigenvalue weighted by Gasteiger charge is -2.40. The number of hydrogen-bond acceptors (Lipinski definition) is 4. The molecule has 1 aliphatic rings. The number of benzene rings is 3. The molecule has 0 aliphatic carbocycles. The van der Waals surface area contributed by atoms with Gasteiger partial charge in [0.25, 0.3) is 0 Å². The molecule has 1 aromatic heterocycles. The average Bonchev–Trinajstić information content (AvgIpc) is 3.29. The molecule has 3 N–H and O–H groups in total. The summed E-state index contributed by atoms with van der Waals surface area (Å²) in [5, 5.41) is 1.67. The van der Waals surface area contributed by atoms with Crippen LogP contribution in [-0.2, 0) is 16.0 Å². The molecule has 5 rings (SSSR count). The van der Waals surface area contributed by atoms with Gasteiger partial charge in [-0.1, -0.05) is 54.6 Å². The van der Waals surface area contributed by atoms with Crippen molar-refractivity contribution in [2.24, 2.45) is 5.73 Å². The van der Waals surface area contributed by atoms with Gasteiger partial charge < -0.3 is 20.5 Å². The normalized spacial score (nSPS) is 15.7. The van der Waals surface area contributed by atoms with Gasteiger partial charge in [-0.05, 0) is 55.2 Å². The number of piperidine rings is 1. The molecular formula is C31H34F3N5O3. The van der Waals surface area contributed by atoms with Crippen LogP contribution >= 0.6 is 0 Å². The SMILES string of the molecule is CC(C)(N)CN(C(=O)C(F)(F)F)C(Cc1cccc2ccccc12)C(=O)N1CCC(n2c(=O)[nH]c3ccccc32)CC1. The summed E-state index contributed by atoms with van der Waals surface area (Å²) in [6.45, 7) is 3.03. The van der Waals surface area contributed by atoms with E-state index in [1.54, 1.807) is 16.7 Å². The van der Waals surface area contributed by atoms with Crippen LogP contribution in [0, 0.1) is 0 Å². The van der Waals surface area contributed by atoms with Crippen LogP contribution in [0.3, 0.4) is 0 Å². The number of fused-ring (bicyclic) bond motifs is 2. The van der Waals surface area contributed by atoms with Crippen molar-refractivity contribution in [3.63, 3.8) is 0 Å². The van der Waals surface area contributed by atoms with Crippen LogP contribution in [0.25, 0.3) is 21.8 Å². The predicted octanol–water partition coefficient (Wildman–Crippen LogP) is 4.39. The Kier molecular flexibility index (Phi) is 7.89. The van der Waals surface area contributed by atoms with Crippen LogP contribution in [0.15, 0.2) is 71.5 Å². The molecule has 0 saturated carbocycles. The first kappa shape index (κ1) is 29.4. The number of H-pyrrole nitrogens is 1. The summed E-state index contributed by atoms with van der Waals surface area (Å²) in [6, 6.07) is 18.6. The molecule has 1 fully saturated rings. The summed E-state index contributed by atoms with van der Waals surface area (Å²) in [5.74, 6) is -2.67. The first-order valence-electron chi connectivity index (χ1n) is 13.9. The lowest BCUT2D eigenvalue weighted by molar-refractivity contribution is -0.190. The van der Waals surface area contributed by atoms with Gasteiger partial charge >= 0.3 is 17.8 Å². The Bertz CT molecular complexity index is 1660. The highest BCUT2D eigenvalue weighted by Gasteiger charge is 2.48. The maximum absolute atomic E-state index is 14.1. The van der Waals surface area contributed by atoms with Crippen molar-refractivity contribution in [1.82, 2.24) is 19.4 Å². The summed E-state index contributed by atoms with van der Waals surface area (Å²) in [5.41, 5.74) is 6.81. The minimum absolute atomic E-state index is 0.111. The number of nitrogens with zero attached hydrogens (tertiary/aromatic N) is 3. The predicted molar refractivity (Wildman–Crippen MR) is 155 cm³/mol. The van der Waals surface area contributed by atoms with Gasteiger partial charge in [0, 0.05) is 37.6 Å². The molecule has 1 saturated heterocycles. The third-order valence-corrected chi connectivity index (χ3v) is 7.80. The maximum atomic E-state index is 14.1. The van der Waals surface area contributed by atoms with Crippen molar-refractivity contribution < 1.29 is 22.8 Å². The Morgan fingerprint density at radius 1 is 1.00 bits per heavy atom. The second-order valence-electron chi connectivity index (χ2n) is 11.7. The number of carbonyl (C=O) groups excluding carboxylic acids is 2. The number of aromatic nitrogens is 2. The molecule has 1 unspecified atom stereocenters. The Balaban J connectivity index is 1.47. The van der Waals surface area contributed by atoms with Crippen molar-refractivity contribution in [3.8, 4) is 0 Å². The quantitative estimate of drug-likeness (QED) is 0.338. The highest BCUT2D eigenvalue weighted by Crippen LogP contribution is 2.29. The van der Waals surface area contributed by atoms with Crippen molar-refractivity contribution >= 4 is 33.6 Å². The summed E-state index contributed by atoms with van der Waals surface area (Å²) < 4.78 is 43.4. The van der Waals surface area contributed by atoms with E-state index < -0.39 is 36.1 Å². The Labute approximate surface area is 240 Å². The van der Waals surface area contributed by atoms with Gasteiger partial charge in [0.2, 0.25) is 5.91 Å². The number of aromatic amines is 1. The zero-order valence-corrected chi connectivity index (χ0v) is 23.5. The molecule has 8 nitrogen and oxygen atoms in total. The largest absolute Gasteiger partial charge is 0.471 e. The van der Waals surface area contributed by atoms with Crippen LogP contribution in [0.1, 0.15) is 38.3 Å². The summed E-state index contributed by atoms with van der Waals surface area (Å²) in [4.78, 5) is 44.6. The van der Waals surface area contributed by atoms with E-state index in [1.807, 2.05) is 54.6 Å². The Morgan fingerprint density at radius 2 is 1.64 bits per heavy atom. The van der Waals surface area contributed by atoms with Gasteiger partial charge in [-0.25, -0.2) is 4.79 Å². The number of rotatable bonds is 7. The van der Waals surface area contributed by atoms with Crippen molar-refractivity contribution in [2.45, 2.75) is 56.9 Å². The number of para-hydroxylation sites is 2. The summed E-state index contributed by atoms with van der Waals surface area (Å²) in [7, 11) is 0. The first-order chi connectivity index (χ1) is 19.8. The molecule has 2 amide bonds. The van der Waals surface area contributed by atoms with Gasteiger partial charge in [-0.15, -0.1) is 0 Å². The maximum Gasteiger partial charge on any atom is 0.471 e. The monoisotopic (exact) mass is 581 g/mol. The number of nitrogens with two attached hydrogens (primary N) is 1. The molecule has 1 aliphatic heterocycles. The third-order valence-electron chi connectivity index (χ3n) is 7.80. The number of amides is 2. The Morgan fingerprint density at radius 3 is 2.33 bits per heavy atom. The number of imidazole rings is 1. The highest BCUT2D eigenvalue weighted by atomic mass is 19.4. The van der Waals surface area contributed by atoms with E-state index in [-0.39, 0.29) is 31.2 Å². The number of carbonyl (C=O) groups is 2. The van der Waals surface area contributed by atoms with Gasteiger partial charge in [-0.3, -0.25) is 14.2 Å². The van der Waals surface area contributed by atoms with Crippen LogP contribution in [0.2, 0.25) is 0 Å². The molecule has 0 bridgehead atoms. The van der Waals surface area contributed by atoms with Crippen LogP contribution < -0.4 is 11.4 Å².